The van der Waals surface area contributed by atoms with E-state index in [1.807, 2.05) is 29.2 Å². The van der Waals surface area contributed by atoms with Crippen molar-refractivity contribution in [1.29, 1.82) is 0 Å². The number of alkyl halides is 2. The lowest BCUT2D eigenvalue weighted by molar-refractivity contribution is -0.139. The average molecular weight is 423 g/mol. The quantitative estimate of drug-likeness (QED) is 0.810. The van der Waals surface area contributed by atoms with Gasteiger partial charge in [-0.25, -0.2) is 13.6 Å². The van der Waals surface area contributed by atoms with Crippen LogP contribution in [0.2, 0.25) is 0 Å². The number of carbonyl (C=O) groups excluding carboxylic acids is 2. The molecule has 4 fully saturated rings. The van der Waals surface area contributed by atoms with Gasteiger partial charge in [-0.1, -0.05) is 12.1 Å². The van der Waals surface area contributed by atoms with E-state index in [0.717, 1.165) is 12.0 Å². The summed E-state index contributed by atoms with van der Waals surface area (Å²) < 4.78 is 36.9. The van der Waals surface area contributed by atoms with Gasteiger partial charge in [-0.2, -0.15) is 0 Å². The lowest BCUT2D eigenvalue weighted by Crippen LogP contribution is -2.63. The summed E-state index contributed by atoms with van der Waals surface area (Å²) in [4.78, 5) is 27.9. The molecule has 3 heterocycles. The molecule has 1 aliphatic carbocycles. The maximum Gasteiger partial charge on any atom is 0.320 e. The van der Waals surface area contributed by atoms with Gasteiger partial charge in [-0.15, -0.1) is 0 Å². The Morgan fingerprint density at radius 3 is 2.60 bits per heavy atom. The van der Waals surface area contributed by atoms with Crippen LogP contribution in [-0.4, -0.2) is 78.7 Å². The summed E-state index contributed by atoms with van der Waals surface area (Å²) in [5, 5.41) is 2.91. The van der Waals surface area contributed by atoms with E-state index in [-0.39, 0.29) is 50.9 Å². The number of amides is 3. The van der Waals surface area contributed by atoms with Crippen LogP contribution < -0.4 is 10.1 Å². The topological polar surface area (TPSA) is 71.1 Å². The molecule has 0 unspecified atom stereocenters. The number of hydrogen-bond donors (Lipinski definition) is 1. The van der Waals surface area contributed by atoms with Crippen LogP contribution >= 0.6 is 0 Å². The molecule has 1 aromatic carbocycles. The highest BCUT2D eigenvalue weighted by Gasteiger charge is 2.47. The number of hydrogen-bond acceptors (Lipinski definition) is 4. The van der Waals surface area contributed by atoms with E-state index in [1.54, 1.807) is 4.90 Å². The van der Waals surface area contributed by atoms with Gasteiger partial charge in [0.15, 0.2) is 0 Å². The predicted molar refractivity (Wildman–Crippen MR) is 105 cm³/mol. The van der Waals surface area contributed by atoms with Crippen LogP contribution in [0.5, 0.6) is 5.75 Å². The van der Waals surface area contributed by atoms with E-state index < -0.39 is 12.0 Å². The van der Waals surface area contributed by atoms with E-state index in [1.165, 1.54) is 0 Å². The summed E-state index contributed by atoms with van der Waals surface area (Å²) in [6.45, 7) is 2.48. The van der Waals surface area contributed by atoms with Crippen molar-refractivity contribution in [3.05, 3.63) is 29.8 Å². The molecule has 3 aliphatic heterocycles. The molecule has 1 saturated carbocycles. The molecule has 3 saturated heterocycles. The molecule has 9 heteroatoms. The summed E-state index contributed by atoms with van der Waals surface area (Å²) in [6.07, 6.45) is -0.137. The first-order valence-corrected chi connectivity index (χ1v) is 10.5. The Morgan fingerprint density at radius 2 is 1.90 bits per heavy atom. The van der Waals surface area contributed by atoms with Gasteiger partial charge in [-0.05, 0) is 24.1 Å². The minimum absolute atomic E-state index is 0. The molecule has 3 amide bonds. The number of ether oxygens (including phenoxy) is 2. The van der Waals surface area contributed by atoms with Gasteiger partial charge in [-0.3, -0.25) is 4.79 Å². The first-order chi connectivity index (χ1) is 14.4. The smallest absolute Gasteiger partial charge is 0.320 e. The van der Waals surface area contributed by atoms with Crippen LogP contribution in [0.1, 0.15) is 32.2 Å². The Morgan fingerprint density at radius 1 is 1.17 bits per heavy atom. The number of likely N-dealkylation sites (tertiary alicyclic amines) is 2. The third-order valence-corrected chi connectivity index (χ3v) is 6.45. The van der Waals surface area contributed by atoms with Crippen molar-refractivity contribution in [1.82, 2.24) is 15.1 Å². The largest absolute Gasteiger partial charge is 0.490 e. The Hall–Kier alpha value is -2.42. The number of halogens is 2. The maximum atomic E-state index is 12.9. The van der Waals surface area contributed by atoms with Crippen LogP contribution in [0.4, 0.5) is 13.6 Å². The van der Waals surface area contributed by atoms with E-state index in [0.29, 0.717) is 31.9 Å². The highest BCUT2D eigenvalue weighted by atomic mass is 19.3. The Labute approximate surface area is 174 Å². The van der Waals surface area contributed by atoms with Crippen LogP contribution in [0, 0.1) is 0 Å². The summed E-state index contributed by atoms with van der Waals surface area (Å²) in [6, 6.07) is 7.37. The molecular formula is C21H27F2N3O4. The van der Waals surface area contributed by atoms with Crippen LogP contribution in [0.25, 0.3) is 0 Å². The molecule has 0 aromatic heterocycles. The molecule has 0 bridgehead atoms. The second kappa shape index (κ2) is 7.37. The molecule has 0 spiro atoms. The van der Waals surface area contributed by atoms with Crippen molar-refractivity contribution in [2.24, 2.45) is 0 Å². The van der Waals surface area contributed by atoms with Gasteiger partial charge < -0.3 is 24.6 Å². The standard InChI is InChI=1S/C21H25F2N3O4.H2/c22-21(23)7-16(8-21)30-15-3-1-13(2-4-15)14-9-26(10-14)20(28)25-6-5-18-17(11-25)24-19(27)12-29-18;/h1-4,14,16-18H,5-12H2,(H,24,27);1H/t17-,18+;/m1./s1. The van der Waals surface area contributed by atoms with Crippen LogP contribution in [-0.2, 0) is 9.53 Å². The highest BCUT2D eigenvalue weighted by molar-refractivity contribution is 5.79. The average Bonchev–Trinajstić information content (AvgIpc) is 2.66. The number of fused-ring (bicyclic) bond motifs is 1. The van der Waals surface area contributed by atoms with E-state index in [4.69, 9.17) is 9.47 Å². The van der Waals surface area contributed by atoms with Gasteiger partial charge in [0, 0.05) is 46.4 Å². The van der Waals surface area contributed by atoms with E-state index in [2.05, 4.69) is 5.32 Å². The second-order valence-electron chi connectivity index (χ2n) is 8.72. The van der Waals surface area contributed by atoms with Gasteiger partial charge in [0.25, 0.3) is 5.92 Å². The monoisotopic (exact) mass is 423 g/mol. The number of morpholine rings is 1. The fraction of sp³-hybridized carbons (Fsp3) is 0.619. The number of nitrogens with one attached hydrogen (secondary N) is 1. The Balaban J connectivity index is 0.00000231. The number of nitrogens with zero attached hydrogens (tertiary/aromatic N) is 2. The first kappa shape index (κ1) is 19.5. The minimum atomic E-state index is -2.59. The Kier molecular flexibility index (Phi) is 4.80. The summed E-state index contributed by atoms with van der Waals surface area (Å²) >= 11 is 0. The number of carbonyl (C=O) groups is 2. The third-order valence-electron chi connectivity index (χ3n) is 6.45. The normalized spacial score (nSPS) is 28.8. The number of piperidine rings is 1. The zero-order valence-electron chi connectivity index (χ0n) is 16.6. The molecule has 5 rings (SSSR count). The number of urea groups is 1. The summed E-state index contributed by atoms with van der Waals surface area (Å²) in [5.74, 6) is -1.86. The molecule has 30 heavy (non-hydrogen) atoms. The third kappa shape index (κ3) is 3.82. The molecular weight excluding hydrogens is 396 g/mol. The fourth-order valence-electron chi connectivity index (χ4n) is 4.62. The van der Waals surface area contributed by atoms with Gasteiger partial charge in [0.1, 0.15) is 18.5 Å². The highest BCUT2D eigenvalue weighted by Crippen LogP contribution is 2.40. The second-order valence-corrected chi connectivity index (χ2v) is 8.72. The van der Waals surface area contributed by atoms with Crippen LogP contribution in [0.15, 0.2) is 24.3 Å². The zero-order valence-corrected chi connectivity index (χ0v) is 16.6. The van der Waals surface area contributed by atoms with Crippen molar-refractivity contribution in [2.45, 2.75) is 49.4 Å². The molecule has 2 atom stereocenters. The lowest BCUT2D eigenvalue weighted by atomic mass is 9.90. The van der Waals surface area contributed by atoms with Crippen molar-refractivity contribution in [2.75, 3.05) is 32.8 Å². The minimum Gasteiger partial charge on any atom is -0.490 e. The molecule has 1 aromatic rings. The van der Waals surface area contributed by atoms with Crippen molar-refractivity contribution >= 4 is 11.9 Å². The van der Waals surface area contributed by atoms with Crippen molar-refractivity contribution in [3.8, 4) is 5.75 Å². The number of benzene rings is 1. The lowest BCUT2D eigenvalue weighted by Gasteiger charge is -2.46. The van der Waals surface area contributed by atoms with Crippen LogP contribution in [0.3, 0.4) is 0 Å². The van der Waals surface area contributed by atoms with E-state index in [9.17, 15) is 18.4 Å². The Bertz CT molecular complexity index is 826. The SMILES string of the molecule is O=C1CO[C@H]2CCN(C(=O)N3CC(c4ccc(OC5CC(F)(F)C5)cc4)C3)C[C@H]2N1.[HH]. The first-order valence-electron chi connectivity index (χ1n) is 10.5. The van der Waals surface area contributed by atoms with Crippen molar-refractivity contribution in [3.63, 3.8) is 0 Å². The van der Waals surface area contributed by atoms with Gasteiger partial charge in [0.2, 0.25) is 5.91 Å². The maximum absolute atomic E-state index is 12.9. The van der Waals surface area contributed by atoms with Gasteiger partial charge >= 0.3 is 6.03 Å². The van der Waals surface area contributed by atoms with Crippen molar-refractivity contribution < 1.29 is 29.3 Å². The van der Waals surface area contributed by atoms with E-state index >= 15 is 0 Å². The van der Waals surface area contributed by atoms with Gasteiger partial charge in [0.05, 0.1) is 12.1 Å². The fourth-order valence-corrected chi connectivity index (χ4v) is 4.62. The molecule has 4 aliphatic rings. The predicted octanol–water partition coefficient (Wildman–Crippen LogP) is 2.22. The summed E-state index contributed by atoms with van der Waals surface area (Å²) in [7, 11) is 0. The molecule has 164 valence electrons. The molecule has 1 N–H and O–H groups in total. The summed E-state index contributed by atoms with van der Waals surface area (Å²) in [5.41, 5.74) is 1.11. The number of rotatable bonds is 3. The molecule has 0 radical (unpaired) electrons. The zero-order chi connectivity index (χ0) is 20.9. The molecule has 7 nitrogen and oxygen atoms in total.